The topological polar surface area (TPSA) is 170 Å². The number of fused-ring (bicyclic) bond motifs is 5. The quantitative estimate of drug-likeness (QED) is 0.479. The van der Waals surface area contributed by atoms with Crippen LogP contribution in [0.1, 0.15) is 71.6 Å². The van der Waals surface area contributed by atoms with E-state index in [1.165, 1.54) is 0 Å². The van der Waals surface area contributed by atoms with Gasteiger partial charge in [-0.05, 0) is 67.8 Å². The number of Topliss-reactive ketones (excluding diaryl/α,β-unsaturated/α-hetero) is 1. The van der Waals surface area contributed by atoms with Gasteiger partial charge in [0.25, 0.3) is 0 Å². The van der Waals surface area contributed by atoms with Crippen molar-refractivity contribution >= 4 is 23.5 Å². The van der Waals surface area contributed by atoms with Gasteiger partial charge in [-0.25, -0.2) is 0 Å². The van der Waals surface area contributed by atoms with Crippen molar-refractivity contribution in [3.8, 4) is 0 Å². The zero-order chi connectivity index (χ0) is 24.2. The molecule has 3 fully saturated rings. The van der Waals surface area contributed by atoms with Crippen LogP contribution in [0.25, 0.3) is 0 Å². The van der Waals surface area contributed by atoms with Crippen LogP contribution in [0.5, 0.6) is 0 Å². The summed E-state index contributed by atoms with van der Waals surface area (Å²) in [4.78, 5) is 47.5. The lowest BCUT2D eigenvalue weighted by molar-refractivity contribution is -0.184. The molecule has 190 valence electrons. The molecule has 0 amide bonds. The number of carbonyl (C=O) groups is 4. The van der Waals surface area contributed by atoms with Crippen molar-refractivity contribution in [2.24, 2.45) is 28.6 Å². The molecule has 5 N–H and O–H groups in total. The third kappa shape index (κ3) is 4.01. The summed E-state index contributed by atoms with van der Waals surface area (Å²) in [7, 11) is 0. The Kier molecular flexibility index (Phi) is 7.14. The third-order valence-electron chi connectivity index (χ3n) is 9.42. The fourth-order valence-corrected chi connectivity index (χ4v) is 7.70. The number of carbonyl (C=O) groups excluding carboxylic acids is 3. The third-order valence-corrected chi connectivity index (χ3v) is 9.42. The van der Waals surface area contributed by atoms with Gasteiger partial charge >= 0.3 is 11.9 Å². The number of hydrogen-bond acceptors (Lipinski definition) is 7. The van der Waals surface area contributed by atoms with Gasteiger partial charge in [0.1, 0.15) is 5.60 Å². The molecule has 0 aromatic heterocycles. The van der Waals surface area contributed by atoms with Crippen LogP contribution in [0.2, 0.25) is 0 Å². The number of ketones is 2. The standard InChI is InChI=1S/C25H34O8.H2O/c1-23-9-7-15(26)11-14(23)3-4-16-17-8-10-25(32,24(17,2)12-18(27)22(16)23)19(28)13-33-21(31)6-5-20(29)30;/h11,16-18,22,27,32H,3-10,12-13H2,1-2H3,(H,29,30);1H2/t16-,17-,18-,22?,23-,24-,25-;/m0./s1. The van der Waals surface area contributed by atoms with Crippen LogP contribution in [0.4, 0.5) is 0 Å². The van der Waals surface area contributed by atoms with Gasteiger partial charge in [-0.2, -0.15) is 0 Å². The van der Waals surface area contributed by atoms with Gasteiger partial charge in [0.2, 0.25) is 5.78 Å². The van der Waals surface area contributed by atoms with Gasteiger partial charge in [0.05, 0.1) is 18.9 Å². The molecular formula is C25H36O9. The zero-order valence-corrected chi connectivity index (χ0v) is 19.8. The molecule has 4 aliphatic carbocycles. The van der Waals surface area contributed by atoms with Crippen molar-refractivity contribution in [2.45, 2.75) is 83.3 Å². The molecule has 7 atom stereocenters. The summed E-state index contributed by atoms with van der Waals surface area (Å²) in [6.07, 6.45) is 4.30. The molecule has 9 heteroatoms. The minimum Gasteiger partial charge on any atom is -0.481 e. The van der Waals surface area contributed by atoms with Gasteiger partial charge in [-0.15, -0.1) is 0 Å². The molecule has 0 spiro atoms. The Morgan fingerprint density at radius 3 is 2.50 bits per heavy atom. The van der Waals surface area contributed by atoms with E-state index in [4.69, 9.17) is 9.84 Å². The second-order valence-corrected chi connectivity index (χ2v) is 11.0. The number of carboxylic acid groups (broad SMARTS) is 1. The van der Waals surface area contributed by atoms with E-state index in [0.717, 1.165) is 24.8 Å². The fraction of sp³-hybridized carbons (Fsp3) is 0.760. The number of aliphatic hydroxyl groups excluding tert-OH is 1. The minimum absolute atomic E-state index is 0. The second-order valence-electron chi connectivity index (χ2n) is 11.0. The van der Waals surface area contributed by atoms with Crippen molar-refractivity contribution < 1.29 is 44.7 Å². The number of carboxylic acids is 1. The van der Waals surface area contributed by atoms with Crippen LogP contribution in [0.15, 0.2) is 11.6 Å². The first-order valence-corrected chi connectivity index (χ1v) is 12.0. The Labute approximate surface area is 198 Å². The minimum atomic E-state index is -1.71. The summed E-state index contributed by atoms with van der Waals surface area (Å²) in [5.41, 5.74) is -1.68. The normalized spacial score (nSPS) is 40.7. The predicted molar refractivity (Wildman–Crippen MR) is 119 cm³/mol. The lowest BCUT2D eigenvalue weighted by Gasteiger charge is -2.60. The smallest absolute Gasteiger partial charge is 0.306 e. The first-order chi connectivity index (χ1) is 15.4. The maximum absolute atomic E-state index is 13.1. The molecule has 0 saturated heterocycles. The molecule has 1 unspecified atom stereocenters. The molecule has 0 radical (unpaired) electrons. The summed E-state index contributed by atoms with van der Waals surface area (Å²) in [6.45, 7) is 3.41. The van der Waals surface area contributed by atoms with E-state index >= 15 is 0 Å². The molecule has 0 bridgehead atoms. The average molecular weight is 481 g/mol. The van der Waals surface area contributed by atoms with Crippen LogP contribution in [0.3, 0.4) is 0 Å². The Hall–Kier alpha value is -2.10. The number of esters is 1. The highest BCUT2D eigenvalue weighted by Gasteiger charge is 2.68. The number of hydrogen-bond donors (Lipinski definition) is 3. The molecule has 9 nitrogen and oxygen atoms in total. The van der Waals surface area contributed by atoms with Crippen LogP contribution in [-0.4, -0.2) is 62.6 Å². The Morgan fingerprint density at radius 2 is 1.82 bits per heavy atom. The SMILES string of the molecule is C[C@]12CCC(=O)C=C1CC[C@@H]1C2[C@@H](O)C[C@@]2(C)[C@H]1CC[C@]2(O)C(=O)COC(=O)CCC(=O)O.O. The second kappa shape index (κ2) is 9.17. The van der Waals surface area contributed by atoms with Crippen LogP contribution in [-0.2, 0) is 23.9 Å². The fourth-order valence-electron chi connectivity index (χ4n) is 7.70. The van der Waals surface area contributed by atoms with Crippen LogP contribution >= 0.6 is 0 Å². The number of ether oxygens (including phenoxy) is 1. The lowest BCUT2D eigenvalue weighted by Crippen LogP contribution is -2.62. The summed E-state index contributed by atoms with van der Waals surface area (Å²) >= 11 is 0. The predicted octanol–water partition coefficient (Wildman–Crippen LogP) is 1.37. The molecule has 0 aromatic rings. The molecule has 4 aliphatic rings. The van der Waals surface area contributed by atoms with E-state index in [0.29, 0.717) is 12.8 Å². The zero-order valence-electron chi connectivity index (χ0n) is 19.8. The number of aliphatic carboxylic acids is 1. The van der Waals surface area contributed by atoms with Crippen LogP contribution < -0.4 is 0 Å². The Bertz CT molecular complexity index is 910. The van der Waals surface area contributed by atoms with Gasteiger partial charge in [-0.3, -0.25) is 19.2 Å². The van der Waals surface area contributed by atoms with Crippen molar-refractivity contribution in [2.75, 3.05) is 6.61 Å². The molecule has 0 heterocycles. The maximum atomic E-state index is 13.1. The lowest BCUT2D eigenvalue weighted by atomic mass is 9.45. The monoisotopic (exact) mass is 480 g/mol. The van der Waals surface area contributed by atoms with Crippen molar-refractivity contribution in [3.05, 3.63) is 11.6 Å². The highest BCUT2D eigenvalue weighted by atomic mass is 16.5. The van der Waals surface area contributed by atoms with Crippen molar-refractivity contribution in [3.63, 3.8) is 0 Å². The van der Waals surface area contributed by atoms with Crippen LogP contribution in [0, 0.1) is 28.6 Å². The number of aliphatic hydroxyl groups is 2. The van der Waals surface area contributed by atoms with E-state index in [2.05, 4.69) is 6.92 Å². The van der Waals surface area contributed by atoms with Gasteiger partial charge in [-0.1, -0.05) is 19.4 Å². The number of allylic oxidation sites excluding steroid dienone is 1. The summed E-state index contributed by atoms with van der Waals surface area (Å²) in [6, 6.07) is 0. The largest absolute Gasteiger partial charge is 0.481 e. The first-order valence-electron chi connectivity index (χ1n) is 12.0. The summed E-state index contributed by atoms with van der Waals surface area (Å²) in [5, 5.41) is 31.6. The Morgan fingerprint density at radius 1 is 1.12 bits per heavy atom. The van der Waals surface area contributed by atoms with Gasteiger partial charge in [0.15, 0.2) is 12.4 Å². The Balaban J connectivity index is 0.00000324. The molecular weight excluding hydrogens is 444 g/mol. The summed E-state index contributed by atoms with van der Waals surface area (Å²) < 4.78 is 4.97. The highest BCUT2D eigenvalue weighted by molar-refractivity contribution is 5.92. The van der Waals surface area contributed by atoms with Gasteiger partial charge < -0.3 is 25.5 Å². The summed E-state index contributed by atoms with van der Waals surface area (Å²) in [5.74, 6) is -2.20. The van der Waals surface area contributed by atoms with E-state index in [9.17, 15) is 29.4 Å². The van der Waals surface area contributed by atoms with Gasteiger partial charge in [0, 0.05) is 11.8 Å². The molecule has 0 aliphatic heterocycles. The van der Waals surface area contributed by atoms with E-state index in [1.54, 1.807) is 6.08 Å². The molecule has 0 aromatic carbocycles. The first kappa shape index (κ1) is 26.5. The molecule has 4 rings (SSSR count). The van der Waals surface area contributed by atoms with Crippen molar-refractivity contribution in [1.29, 1.82) is 0 Å². The number of rotatable bonds is 6. The molecule has 3 saturated carbocycles. The molecule has 34 heavy (non-hydrogen) atoms. The van der Waals surface area contributed by atoms with E-state index in [-0.39, 0.29) is 60.1 Å². The van der Waals surface area contributed by atoms with Crippen molar-refractivity contribution in [1.82, 2.24) is 0 Å². The van der Waals surface area contributed by atoms with E-state index in [1.807, 2.05) is 6.92 Å². The average Bonchev–Trinajstić information content (AvgIpc) is 3.02. The van der Waals surface area contributed by atoms with E-state index < -0.39 is 41.4 Å². The highest BCUT2D eigenvalue weighted by Crippen LogP contribution is 2.67. The maximum Gasteiger partial charge on any atom is 0.306 e.